The van der Waals surface area contributed by atoms with Gasteiger partial charge in [-0.1, -0.05) is 26.0 Å². The minimum Gasteiger partial charge on any atom is -0.310 e. The first-order chi connectivity index (χ1) is 7.67. The van der Waals surface area contributed by atoms with Crippen LogP contribution >= 0.6 is 27.3 Å². The van der Waals surface area contributed by atoms with E-state index >= 15 is 0 Å². The van der Waals surface area contributed by atoms with Crippen LogP contribution in [0.1, 0.15) is 44.7 Å². The quantitative estimate of drug-likeness (QED) is 0.706. The minimum absolute atomic E-state index is 0.426. The molecule has 1 rings (SSSR count). The van der Waals surface area contributed by atoms with Gasteiger partial charge >= 0.3 is 0 Å². The van der Waals surface area contributed by atoms with Crippen molar-refractivity contribution in [3.63, 3.8) is 0 Å². The first kappa shape index (κ1) is 13.9. The SMILES string of the molecule is C=C(CC)CC(NCCC)c1csc(Br)c1. The van der Waals surface area contributed by atoms with Gasteiger partial charge in [-0.05, 0) is 58.7 Å². The fourth-order valence-electron chi connectivity index (χ4n) is 1.57. The van der Waals surface area contributed by atoms with Gasteiger partial charge in [-0.15, -0.1) is 11.3 Å². The average molecular weight is 302 g/mol. The van der Waals surface area contributed by atoms with Gasteiger partial charge in [-0.3, -0.25) is 0 Å². The zero-order valence-corrected chi connectivity index (χ0v) is 12.5. The molecule has 0 saturated carbocycles. The van der Waals surface area contributed by atoms with E-state index < -0.39 is 0 Å². The van der Waals surface area contributed by atoms with Gasteiger partial charge in [0.05, 0.1) is 3.79 Å². The highest BCUT2D eigenvalue weighted by molar-refractivity contribution is 9.11. The molecule has 0 fully saturated rings. The van der Waals surface area contributed by atoms with Crippen LogP contribution in [0.5, 0.6) is 0 Å². The molecule has 16 heavy (non-hydrogen) atoms. The van der Waals surface area contributed by atoms with Gasteiger partial charge < -0.3 is 5.32 Å². The maximum absolute atomic E-state index is 4.11. The predicted molar refractivity (Wildman–Crippen MR) is 77.1 cm³/mol. The molecule has 0 aliphatic rings. The molecule has 1 nitrogen and oxygen atoms in total. The van der Waals surface area contributed by atoms with Crippen molar-refractivity contribution in [2.24, 2.45) is 0 Å². The van der Waals surface area contributed by atoms with Gasteiger partial charge in [0.25, 0.3) is 0 Å². The normalized spacial score (nSPS) is 12.7. The van der Waals surface area contributed by atoms with Gasteiger partial charge in [0.2, 0.25) is 0 Å². The number of nitrogens with one attached hydrogen (secondary N) is 1. The lowest BCUT2D eigenvalue weighted by molar-refractivity contribution is 0.525. The average Bonchev–Trinajstić information content (AvgIpc) is 2.70. The maximum atomic E-state index is 4.11. The molecule has 90 valence electrons. The number of hydrogen-bond acceptors (Lipinski definition) is 2. The molecule has 1 atom stereocenters. The van der Waals surface area contributed by atoms with E-state index in [0.29, 0.717) is 6.04 Å². The molecule has 1 aromatic rings. The summed E-state index contributed by atoms with van der Waals surface area (Å²) in [5.74, 6) is 0. The van der Waals surface area contributed by atoms with Crippen molar-refractivity contribution in [1.82, 2.24) is 5.32 Å². The molecule has 1 aromatic heterocycles. The Hall–Kier alpha value is -0.120. The summed E-state index contributed by atoms with van der Waals surface area (Å²) in [4.78, 5) is 0. The fourth-order valence-corrected chi connectivity index (χ4v) is 2.80. The lowest BCUT2D eigenvalue weighted by atomic mass is 10.0. The van der Waals surface area contributed by atoms with Crippen LogP contribution in [-0.4, -0.2) is 6.54 Å². The Balaban J connectivity index is 2.66. The van der Waals surface area contributed by atoms with Crippen molar-refractivity contribution in [1.29, 1.82) is 0 Å². The summed E-state index contributed by atoms with van der Waals surface area (Å²) in [6.45, 7) is 9.54. The highest BCUT2D eigenvalue weighted by atomic mass is 79.9. The largest absolute Gasteiger partial charge is 0.310 e. The molecule has 0 aliphatic carbocycles. The van der Waals surface area contributed by atoms with E-state index in [2.05, 4.69) is 53.1 Å². The summed E-state index contributed by atoms with van der Waals surface area (Å²) in [5, 5.41) is 5.81. The smallest absolute Gasteiger partial charge is 0.0701 e. The summed E-state index contributed by atoms with van der Waals surface area (Å²) in [5.41, 5.74) is 2.69. The molecule has 0 spiro atoms. The second-order valence-electron chi connectivity index (χ2n) is 4.00. The molecule has 0 radical (unpaired) electrons. The summed E-state index contributed by atoms with van der Waals surface area (Å²) in [6, 6.07) is 2.64. The van der Waals surface area contributed by atoms with Crippen LogP contribution in [0.25, 0.3) is 0 Å². The van der Waals surface area contributed by atoms with Crippen molar-refractivity contribution >= 4 is 27.3 Å². The van der Waals surface area contributed by atoms with Crippen molar-refractivity contribution in [3.8, 4) is 0 Å². The summed E-state index contributed by atoms with van der Waals surface area (Å²) < 4.78 is 1.20. The van der Waals surface area contributed by atoms with Gasteiger partial charge in [-0.2, -0.15) is 0 Å². The van der Waals surface area contributed by atoms with Crippen molar-refractivity contribution in [2.45, 2.75) is 39.2 Å². The molecular formula is C13H20BrNS. The van der Waals surface area contributed by atoms with Gasteiger partial charge in [0, 0.05) is 6.04 Å². The van der Waals surface area contributed by atoms with E-state index in [1.807, 2.05) is 0 Å². The number of thiophene rings is 1. The lowest BCUT2D eigenvalue weighted by Gasteiger charge is -2.18. The Labute approximate surface area is 111 Å². The maximum Gasteiger partial charge on any atom is 0.0701 e. The Morgan fingerprint density at radius 2 is 2.31 bits per heavy atom. The first-order valence-electron chi connectivity index (χ1n) is 5.81. The van der Waals surface area contributed by atoms with E-state index in [1.54, 1.807) is 11.3 Å². The summed E-state index contributed by atoms with van der Waals surface area (Å²) >= 11 is 5.27. The van der Waals surface area contributed by atoms with E-state index in [1.165, 1.54) is 21.3 Å². The van der Waals surface area contributed by atoms with Gasteiger partial charge in [-0.25, -0.2) is 0 Å². The van der Waals surface area contributed by atoms with Gasteiger partial charge in [0.15, 0.2) is 0 Å². The molecule has 3 heteroatoms. The van der Waals surface area contributed by atoms with Gasteiger partial charge in [0.1, 0.15) is 0 Å². The molecule has 0 amide bonds. The van der Waals surface area contributed by atoms with Crippen LogP contribution < -0.4 is 5.32 Å². The molecule has 0 aromatic carbocycles. The Morgan fingerprint density at radius 1 is 1.56 bits per heavy atom. The standard InChI is InChI=1S/C13H20BrNS/c1-4-6-15-12(7-10(3)5-2)11-8-13(14)16-9-11/h8-9,12,15H,3-7H2,1-2H3. The number of halogens is 1. The molecule has 0 bridgehead atoms. The monoisotopic (exact) mass is 301 g/mol. The highest BCUT2D eigenvalue weighted by Gasteiger charge is 2.12. The zero-order valence-electron chi connectivity index (χ0n) is 10.1. The molecule has 1 heterocycles. The van der Waals surface area contributed by atoms with Crippen LogP contribution in [0.2, 0.25) is 0 Å². The van der Waals surface area contributed by atoms with E-state index in [9.17, 15) is 0 Å². The first-order valence-corrected chi connectivity index (χ1v) is 7.48. The molecule has 0 saturated heterocycles. The van der Waals surface area contributed by atoms with Crippen LogP contribution in [-0.2, 0) is 0 Å². The van der Waals surface area contributed by atoms with Crippen LogP contribution in [0.15, 0.2) is 27.4 Å². The number of rotatable bonds is 7. The van der Waals surface area contributed by atoms with E-state index in [4.69, 9.17) is 0 Å². The summed E-state index contributed by atoms with van der Waals surface area (Å²) in [6.07, 6.45) is 3.27. The summed E-state index contributed by atoms with van der Waals surface area (Å²) in [7, 11) is 0. The Bertz CT molecular complexity index is 332. The predicted octanol–water partition coefficient (Wildman–Crippen LogP) is 4.91. The second kappa shape index (κ2) is 7.25. The third kappa shape index (κ3) is 4.40. The van der Waals surface area contributed by atoms with Crippen molar-refractivity contribution in [3.05, 3.63) is 32.9 Å². The highest BCUT2D eigenvalue weighted by Crippen LogP contribution is 2.29. The Morgan fingerprint density at radius 3 is 2.81 bits per heavy atom. The van der Waals surface area contributed by atoms with Crippen molar-refractivity contribution < 1.29 is 0 Å². The Kier molecular flexibility index (Phi) is 6.32. The molecule has 1 N–H and O–H groups in total. The third-order valence-corrected chi connectivity index (χ3v) is 4.15. The third-order valence-electron chi connectivity index (χ3n) is 2.62. The van der Waals surface area contributed by atoms with E-state index in [0.717, 1.165) is 19.4 Å². The molecular weight excluding hydrogens is 282 g/mol. The fraction of sp³-hybridized carbons (Fsp3) is 0.538. The van der Waals surface area contributed by atoms with Crippen molar-refractivity contribution in [2.75, 3.05) is 6.54 Å². The minimum atomic E-state index is 0.426. The van der Waals surface area contributed by atoms with Crippen LogP contribution in [0.3, 0.4) is 0 Å². The van der Waals surface area contributed by atoms with Crippen LogP contribution in [0, 0.1) is 0 Å². The van der Waals surface area contributed by atoms with Crippen LogP contribution in [0.4, 0.5) is 0 Å². The number of hydrogen-bond donors (Lipinski definition) is 1. The topological polar surface area (TPSA) is 12.0 Å². The second-order valence-corrected chi connectivity index (χ2v) is 6.29. The lowest BCUT2D eigenvalue weighted by Crippen LogP contribution is -2.22. The molecule has 0 aliphatic heterocycles. The van der Waals surface area contributed by atoms with E-state index in [-0.39, 0.29) is 0 Å². The zero-order chi connectivity index (χ0) is 12.0. The molecule has 1 unspecified atom stereocenters.